The molecule has 0 saturated carbocycles. The number of pyridine rings is 1. The Balaban J connectivity index is 1.64. The van der Waals surface area contributed by atoms with E-state index in [2.05, 4.69) is 34.3 Å². The number of nitrogens with zero attached hydrogens (tertiary/aromatic N) is 4. The smallest absolute Gasteiger partial charge is 0.277 e. The van der Waals surface area contributed by atoms with Crippen LogP contribution in [-0.2, 0) is 6.67 Å². The van der Waals surface area contributed by atoms with Crippen molar-refractivity contribution in [1.29, 1.82) is 0 Å². The Bertz CT molecular complexity index is 836. The summed E-state index contributed by atoms with van der Waals surface area (Å²) in [6.07, 6.45) is 4.05. The van der Waals surface area contributed by atoms with E-state index in [9.17, 15) is 4.79 Å². The molecule has 0 radical (unpaired) electrons. The minimum atomic E-state index is -0.0747. The summed E-state index contributed by atoms with van der Waals surface area (Å²) in [5.41, 5.74) is 1.94. The van der Waals surface area contributed by atoms with Crippen molar-refractivity contribution in [2.75, 3.05) is 6.54 Å². The van der Waals surface area contributed by atoms with Crippen LogP contribution in [0.2, 0.25) is 0 Å². The Hall–Kier alpha value is -2.40. The first-order valence-electron chi connectivity index (χ1n) is 7.66. The number of likely N-dealkylation sites (tertiary alicyclic amines) is 1. The van der Waals surface area contributed by atoms with Gasteiger partial charge in [0.25, 0.3) is 0 Å². The van der Waals surface area contributed by atoms with Gasteiger partial charge in [0.2, 0.25) is 0 Å². The molecule has 1 aliphatic heterocycles. The lowest BCUT2D eigenvalue weighted by Crippen LogP contribution is -2.32. The van der Waals surface area contributed by atoms with E-state index in [1.807, 2.05) is 24.3 Å². The molecule has 0 aliphatic carbocycles. The SMILES string of the molecule is O=c1n(CN2CCCC2c2ccccc2)nc2ccccn12. The standard InChI is InChI=1S/C17H18N4O/c22-17-20-12-5-4-10-16(20)18-21(17)13-19-11-6-9-15(19)14-7-2-1-3-8-14/h1-5,7-8,10,12,15H,6,9,11,13H2. The van der Waals surface area contributed by atoms with Crippen LogP contribution < -0.4 is 5.69 Å². The summed E-state index contributed by atoms with van der Waals surface area (Å²) in [4.78, 5) is 14.7. The number of aromatic nitrogens is 3. The van der Waals surface area contributed by atoms with Gasteiger partial charge >= 0.3 is 5.69 Å². The molecule has 1 saturated heterocycles. The molecule has 5 nitrogen and oxygen atoms in total. The molecular weight excluding hydrogens is 276 g/mol. The minimum Gasteiger partial charge on any atom is -0.277 e. The first-order chi connectivity index (χ1) is 10.8. The van der Waals surface area contributed by atoms with Crippen LogP contribution in [0, 0.1) is 0 Å². The van der Waals surface area contributed by atoms with Crippen LogP contribution in [0.15, 0.2) is 59.5 Å². The zero-order valence-corrected chi connectivity index (χ0v) is 12.3. The molecule has 3 aromatic rings. The largest absolute Gasteiger partial charge is 0.351 e. The van der Waals surface area contributed by atoms with Gasteiger partial charge in [0.15, 0.2) is 5.65 Å². The van der Waals surface area contributed by atoms with E-state index in [1.54, 1.807) is 15.3 Å². The van der Waals surface area contributed by atoms with Crippen molar-refractivity contribution in [2.24, 2.45) is 0 Å². The van der Waals surface area contributed by atoms with Gasteiger partial charge in [-0.25, -0.2) is 4.79 Å². The minimum absolute atomic E-state index is 0.0747. The van der Waals surface area contributed by atoms with E-state index in [1.165, 1.54) is 5.56 Å². The second kappa shape index (κ2) is 5.42. The van der Waals surface area contributed by atoms with Crippen LogP contribution in [0.3, 0.4) is 0 Å². The van der Waals surface area contributed by atoms with Crippen LogP contribution in [0.4, 0.5) is 0 Å². The molecule has 1 fully saturated rings. The van der Waals surface area contributed by atoms with E-state index >= 15 is 0 Å². The van der Waals surface area contributed by atoms with Crippen LogP contribution in [0.1, 0.15) is 24.4 Å². The van der Waals surface area contributed by atoms with E-state index in [0.717, 1.165) is 19.4 Å². The van der Waals surface area contributed by atoms with Gasteiger partial charge in [-0.1, -0.05) is 36.4 Å². The Kier molecular flexibility index (Phi) is 3.27. The molecule has 0 N–H and O–H groups in total. The van der Waals surface area contributed by atoms with Gasteiger partial charge in [-0.15, -0.1) is 5.10 Å². The third-order valence-corrected chi connectivity index (χ3v) is 4.35. The molecule has 4 rings (SSSR count). The number of hydrogen-bond acceptors (Lipinski definition) is 3. The first kappa shape index (κ1) is 13.3. The van der Waals surface area contributed by atoms with Gasteiger partial charge in [-0.2, -0.15) is 4.68 Å². The molecule has 5 heteroatoms. The van der Waals surface area contributed by atoms with Crippen molar-refractivity contribution in [1.82, 2.24) is 19.1 Å². The predicted molar refractivity (Wildman–Crippen MR) is 84.6 cm³/mol. The van der Waals surface area contributed by atoms with Gasteiger partial charge in [0, 0.05) is 18.8 Å². The zero-order chi connectivity index (χ0) is 14.9. The molecule has 0 bridgehead atoms. The number of rotatable bonds is 3. The zero-order valence-electron chi connectivity index (χ0n) is 12.3. The molecule has 1 aliphatic rings. The van der Waals surface area contributed by atoms with E-state index in [-0.39, 0.29) is 5.69 Å². The van der Waals surface area contributed by atoms with Crippen molar-refractivity contribution in [3.05, 3.63) is 70.8 Å². The molecule has 0 spiro atoms. The molecular formula is C17H18N4O. The maximum absolute atomic E-state index is 12.4. The fourth-order valence-corrected chi connectivity index (χ4v) is 3.28. The normalized spacial score (nSPS) is 19.0. The summed E-state index contributed by atoms with van der Waals surface area (Å²) in [5, 5.41) is 4.43. The molecule has 0 amide bonds. The quantitative estimate of drug-likeness (QED) is 0.744. The van der Waals surface area contributed by atoms with E-state index in [0.29, 0.717) is 18.4 Å². The lowest BCUT2D eigenvalue weighted by molar-refractivity contribution is 0.188. The predicted octanol–water partition coefficient (Wildman–Crippen LogP) is 2.29. The summed E-state index contributed by atoms with van der Waals surface area (Å²) < 4.78 is 3.16. The Morgan fingerprint density at radius 1 is 1.09 bits per heavy atom. The van der Waals surface area contributed by atoms with Crippen molar-refractivity contribution in [2.45, 2.75) is 25.6 Å². The fourth-order valence-electron chi connectivity index (χ4n) is 3.28. The molecule has 3 heterocycles. The van der Waals surface area contributed by atoms with Crippen molar-refractivity contribution in [3.8, 4) is 0 Å². The van der Waals surface area contributed by atoms with Gasteiger partial charge in [-0.3, -0.25) is 9.30 Å². The van der Waals surface area contributed by atoms with Crippen LogP contribution >= 0.6 is 0 Å². The second-order valence-electron chi connectivity index (χ2n) is 5.73. The van der Waals surface area contributed by atoms with Crippen molar-refractivity contribution in [3.63, 3.8) is 0 Å². The highest BCUT2D eigenvalue weighted by molar-refractivity contribution is 5.35. The molecule has 1 unspecified atom stereocenters. The third kappa shape index (κ3) is 2.23. The molecule has 2 aromatic heterocycles. The highest BCUT2D eigenvalue weighted by Crippen LogP contribution is 2.31. The number of benzene rings is 1. The van der Waals surface area contributed by atoms with Gasteiger partial charge in [0.05, 0.1) is 6.67 Å². The Morgan fingerprint density at radius 3 is 2.73 bits per heavy atom. The average Bonchev–Trinajstić information content (AvgIpc) is 3.15. The summed E-state index contributed by atoms with van der Waals surface area (Å²) in [7, 11) is 0. The topological polar surface area (TPSA) is 42.5 Å². The van der Waals surface area contributed by atoms with Crippen molar-refractivity contribution < 1.29 is 0 Å². The van der Waals surface area contributed by atoms with Crippen LogP contribution in [-0.4, -0.2) is 25.6 Å². The van der Waals surface area contributed by atoms with E-state index < -0.39 is 0 Å². The maximum atomic E-state index is 12.4. The van der Waals surface area contributed by atoms with E-state index in [4.69, 9.17) is 0 Å². The molecule has 22 heavy (non-hydrogen) atoms. The molecule has 1 aromatic carbocycles. The summed E-state index contributed by atoms with van der Waals surface area (Å²) in [5.74, 6) is 0. The maximum Gasteiger partial charge on any atom is 0.351 e. The molecule has 1 atom stereocenters. The number of hydrogen-bond donors (Lipinski definition) is 0. The van der Waals surface area contributed by atoms with Gasteiger partial charge < -0.3 is 0 Å². The van der Waals surface area contributed by atoms with Crippen LogP contribution in [0.5, 0.6) is 0 Å². The Morgan fingerprint density at radius 2 is 1.91 bits per heavy atom. The fraction of sp³-hybridized carbons (Fsp3) is 0.294. The summed E-state index contributed by atoms with van der Waals surface area (Å²) in [6.45, 7) is 1.54. The lowest BCUT2D eigenvalue weighted by atomic mass is 10.1. The molecule has 112 valence electrons. The van der Waals surface area contributed by atoms with Gasteiger partial charge in [-0.05, 0) is 30.5 Å². The average molecular weight is 294 g/mol. The highest BCUT2D eigenvalue weighted by atomic mass is 16.2. The van der Waals surface area contributed by atoms with Crippen LogP contribution in [0.25, 0.3) is 5.65 Å². The monoisotopic (exact) mass is 294 g/mol. The highest BCUT2D eigenvalue weighted by Gasteiger charge is 2.26. The lowest BCUT2D eigenvalue weighted by Gasteiger charge is -2.24. The van der Waals surface area contributed by atoms with Crippen molar-refractivity contribution >= 4 is 5.65 Å². The first-order valence-corrected chi connectivity index (χ1v) is 7.66. The number of fused-ring (bicyclic) bond motifs is 1. The Labute approximate surface area is 128 Å². The third-order valence-electron chi connectivity index (χ3n) is 4.35. The summed E-state index contributed by atoms with van der Waals surface area (Å²) in [6, 6.07) is 16.5. The van der Waals surface area contributed by atoms with Gasteiger partial charge in [0.1, 0.15) is 0 Å². The summed E-state index contributed by atoms with van der Waals surface area (Å²) >= 11 is 0. The second-order valence-corrected chi connectivity index (χ2v) is 5.73.